The summed E-state index contributed by atoms with van der Waals surface area (Å²) < 4.78 is 7.16. The van der Waals surface area contributed by atoms with Crippen molar-refractivity contribution in [3.63, 3.8) is 0 Å². The van der Waals surface area contributed by atoms with Gasteiger partial charge in [-0.3, -0.25) is 14.8 Å². The molecule has 5 rings (SSSR count). The van der Waals surface area contributed by atoms with E-state index >= 15 is 0 Å². The fourth-order valence-electron chi connectivity index (χ4n) is 4.84. The summed E-state index contributed by atoms with van der Waals surface area (Å²) in [4.78, 5) is 20.5. The molecule has 1 saturated heterocycles. The van der Waals surface area contributed by atoms with Gasteiger partial charge >= 0.3 is 0 Å². The summed E-state index contributed by atoms with van der Waals surface area (Å²) in [6.07, 6.45) is 3.97. The van der Waals surface area contributed by atoms with Crippen molar-refractivity contribution >= 4 is 5.65 Å². The topological polar surface area (TPSA) is 62.6 Å². The predicted molar refractivity (Wildman–Crippen MR) is 108 cm³/mol. The number of fused-ring (bicyclic) bond motifs is 4. The second-order valence-corrected chi connectivity index (χ2v) is 8.02. The molecule has 2 aliphatic rings. The van der Waals surface area contributed by atoms with Gasteiger partial charge in [0.05, 0.1) is 12.3 Å². The molecule has 6 heteroatoms. The van der Waals surface area contributed by atoms with Crippen LogP contribution < -0.4 is 10.3 Å². The third kappa shape index (κ3) is 2.92. The molecule has 4 heterocycles. The second-order valence-electron chi connectivity index (χ2n) is 8.02. The van der Waals surface area contributed by atoms with Gasteiger partial charge < -0.3 is 4.74 Å². The third-order valence-electron chi connectivity index (χ3n) is 6.16. The standard InChI is InChI=1S/C22H26N4O2/c1-3-28-18-8-4-15(5-9-18)13-25-16-6-7-17(25)12-20-19(11-16)22(27)26-21(23-20)10-14(2)24-26/h4-5,8-10,16-17,24H,3,6-7,11-13H2,1-2H3. The van der Waals surface area contributed by atoms with E-state index in [-0.39, 0.29) is 5.56 Å². The molecule has 1 N–H and O–H groups in total. The minimum absolute atomic E-state index is 0.0710. The zero-order valence-electron chi connectivity index (χ0n) is 16.4. The van der Waals surface area contributed by atoms with Gasteiger partial charge in [0, 0.05) is 42.4 Å². The Bertz CT molecular complexity index is 1070. The van der Waals surface area contributed by atoms with E-state index in [9.17, 15) is 4.79 Å². The lowest BCUT2D eigenvalue weighted by Crippen LogP contribution is -2.36. The lowest BCUT2D eigenvalue weighted by atomic mass is 9.98. The van der Waals surface area contributed by atoms with Gasteiger partial charge in [0.15, 0.2) is 5.65 Å². The van der Waals surface area contributed by atoms with E-state index in [1.807, 2.05) is 32.0 Å². The molecule has 0 aliphatic carbocycles. The maximum Gasteiger partial charge on any atom is 0.276 e. The van der Waals surface area contributed by atoms with E-state index in [0.29, 0.717) is 18.7 Å². The molecule has 146 valence electrons. The van der Waals surface area contributed by atoms with Crippen molar-refractivity contribution in [1.82, 2.24) is 19.5 Å². The number of hydrogen-bond acceptors (Lipinski definition) is 4. The average Bonchev–Trinajstić information content (AvgIpc) is 3.18. The number of aryl methyl sites for hydroxylation is 1. The normalized spacial score (nSPS) is 21.6. The molecule has 2 aromatic heterocycles. The number of nitrogens with one attached hydrogen (secondary N) is 1. The molecule has 0 spiro atoms. The Kier molecular flexibility index (Phi) is 4.23. The largest absolute Gasteiger partial charge is 0.494 e. The van der Waals surface area contributed by atoms with Crippen molar-refractivity contribution in [2.75, 3.05) is 6.61 Å². The Morgan fingerprint density at radius 1 is 1.18 bits per heavy atom. The van der Waals surface area contributed by atoms with Gasteiger partial charge in [0.1, 0.15) is 5.75 Å². The summed E-state index contributed by atoms with van der Waals surface area (Å²) in [5, 5.41) is 3.12. The van der Waals surface area contributed by atoms with Crippen molar-refractivity contribution in [1.29, 1.82) is 0 Å². The van der Waals surface area contributed by atoms with Crippen LogP contribution in [0.1, 0.15) is 42.3 Å². The molecule has 2 aliphatic heterocycles. The highest BCUT2D eigenvalue weighted by atomic mass is 16.5. The van der Waals surface area contributed by atoms with Crippen LogP contribution >= 0.6 is 0 Å². The van der Waals surface area contributed by atoms with Crippen LogP contribution in [0.2, 0.25) is 0 Å². The molecule has 0 saturated carbocycles. The molecule has 0 amide bonds. The number of H-pyrrole nitrogens is 1. The molecule has 2 bridgehead atoms. The van der Waals surface area contributed by atoms with Crippen LogP contribution in [0.5, 0.6) is 5.75 Å². The minimum Gasteiger partial charge on any atom is -0.494 e. The van der Waals surface area contributed by atoms with E-state index in [1.165, 1.54) is 12.0 Å². The van der Waals surface area contributed by atoms with Gasteiger partial charge in [-0.25, -0.2) is 9.50 Å². The third-order valence-corrected chi connectivity index (χ3v) is 6.16. The van der Waals surface area contributed by atoms with Crippen molar-refractivity contribution in [3.05, 3.63) is 63.2 Å². The van der Waals surface area contributed by atoms with Gasteiger partial charge in [-0.15, -0.1) is 0 Å². The van der Waals surface area contributed by atoms with Gasteiger partial charge in [-0.05, 0) is 50.8 Å². The Labute approximate surface area is 164 Å². The van der Waals surface area contributed by atoms with Crippen LogP contribution in [-0.2, 0) is 19.4 Å². The average molecular weight is 378 g/mol. The molecule has 1 fully saturated rings. The van der Waals surface area contributed by atoms with Gasteiger partial charge in [0.25, 0.3) is 5.56 Å². The first-order valence-electron chi connectivity index (χ1n) is 10.2. The molecule has 3 aromatic rings. The molecule has 1 aromatic carbocycles. The monoisotopic (exact) mass is 378 g/mol. The number of aromatic amines is 1. The fraction of sp³-hybridized carbons (Fsp3) is 0.455. The first-order chi connectivity index (χ1) is 13.6. The fourth-order valence-corrected chi connectivity index (χ4v) is 4.84. The summed E-state index contributed by atoms with van der Waals surface area (Å²) in [5.41, 5.74) is 4.94. The van der Waals surface area contributed by atoms with E-state index in [4.69, 9.17) is 9.72 Å². The first kappa shape index (κ1) is 17.5. The zero-order chi connectivity index (χ0) is 19.3. The van der Waals surface area contributed by atoms with E-state index < -0.39 is 0 Å². The number of benzene rings is 1. The summed E-state index contributed by atoms with van der Waals surface area (Å²) in [6, 6.07) is 11.2. The quantitative estimate of drug-likeness (QED) is 0.758. The van der Waals surface area contributed by atoms with Crippen molar-refractivity contribution in [2.24, 2.45) is 0 Å². The maximum absolute atomic E-state index is 13.0. The molecular formula is C22H26N4O2. The number of ether oxygens (including phenoxy) is 1. The highest BCUT2D eigenvalue weighted by molar-refractivity contribution is 5.42. The molecule has 6 nitrogen and oxygen atoms in total. The molecule has 0 radical (unpaired) electrons. The first-order valence-corrected chi connectivity index (χ1v) is 10.2. The highest BCUT2D eigenvalue weighted by Crippen LogP contribution is 2.34. The summed E-state index contributed by atoms with van der Waals surface area (Å²) in [5.74, 6) is 0.917. The number of nitrogens with zero attached hydrogens (tertiary/aromatic N) is 3. The number of hydrogen-bond donors (Lipinski definition) is 1. The highest BCUT2D eigenvalue weighted by Gasteiger charge is 2.38. The van der Waals surface area contributed by atoms with Crippen LogP contribution in [0.25, 0.3) is 5.65 Å². The van der Waals surface area contributed by atoms with Gasteiger partial charge in [0.2, 0.25) is 0 Å². The van der Waals surface area contributed by atoms with Crippen molar-refractivity contribution in [2.45, 2.75) is 58.2 Å². The van der Waals surface area contributed by atoms with Crippen molar-refractivity contribution < 1.29 is 4.74 Å². The zero-order valence-corrected chi connectivity index (χ0v) is 16.4. The summed E-state index contributed by atoms with van der Waals surface area (Å²) in [6.45, 7) is 5.55. The number of rotatable bonds is 4. The number of aromatic nitrogens is 3. The lowest BCUT2D eigenvalue weighted by molar-refractivity contribution is 0.187. The van der Waals surface area contributed by atoms with Crippen LogP contribution in [0, 0.1) is 6.92 Å². The predicted octanol–water partition coefficient (Wildman–Crippen LogP) is 2.86. The molecule has 28 heavy (non-hydrogen) atoms. The van der Waals surface area contributed by atoms with Crippen LogP contribution in [0.15, 0.2) is 35.1 Å². The SMILES string of the molecule is CCOc1ccc(CN2C3CCC2Cc2c(nc4cc(C)[nH]n4c2=O)C3)cc1. The van der Waals surface area contributed by atoms with E-state index in [2.05, 4.69) is 22.1 Å². The minimum atomic E-state index is 0.0710. The van der Waals surface area contributed by atoms with Gasteiger partial charge in [-0.2, -0.15) is 0 Å². The van der Waals surface area contributed by atoms with E-state index in [1.54, 1.807) is 4.52 Å². The Hall–Kier alpha value is -2.60. The Morgan fingerprint density at radius 3 is 2.68 bits per heavy atom. The summed E-state index contributed by atoms with van der Waals surface area (Å²) >= 11 is 0. The van der Waals surface area contributed by atoms with Crippen molar-refractivity contribution in [3.8, 4) is 5.75 Å². The van der Waals surface area contributed by atoms with Crippen LogP contribution in [-0.4, -0.2) is 38.2 Å². The van der Waals surface area contributed by atoms with Gasteiger partial charge in [-0.1, -0.05) is 12.1 Å². The Morgan fingerprint density at radius 2 is 1.93 bits per heavy atom. The maximum atomic E-state index is 13.0. The lowest BCUT2D eigenvalue weighted by Gasteiger charge is -2.27. The van der Waals surface area contributed by atoms with Crippen LogP contribution in [0.4, 0.5) is 0 Å². The molecule has 2 atom stereocenters. The Balaban J connectivity index is 1.44. The molecule has 2 unspecified atom stereocenters. The van der Waals surface area contributed by atoms with E-state index in [0.717, 1.165) is 54.2 Å². The van der Waals surface area contributed by atoms with Crippen LogP contribution in [0.3, 0.4) is 0 Å². The summed E-state index contributed by atoms with van der Waals surface area (Å²) in [7, 11) is 0. The molecular weight excluding hydrogens is 352 g/mol. The smallest absolute Gasteiger partial charge is 0.276 e. The second kappa shape index (κ2) is 6.78.